The van der Waals surface area contributed by atoms with E-state index in [1.54, 1.807) is 6.92 Å². The molecule has 6 nitrogen and oxygen atoms in total. The van der Waals surface area contributed by atoms with E-state index in [0.717, 1.165) is 11.3 Å². The summed E-state index contributed by atoms with van der Waals surface area (Å²) in [5.74, 6) is -0.575. The summed E-state index contributed by atoms with van der Waals surface area (Å²) < 4.78 is 31.3. The van der Waals surface area contributed by atoms with Gasteiger partial charge in [-0.3, -0.25) is 0 Å². The zero-order valence-corrected chi connectivity index (χ0v) is 13.0. The van der Waals surface area contributed by atoms with Crippen LogP contribution in [0.1, 0.15) is 16.6 Å². The van der Waals surface area contributed by atoms with Crippen LogP contribution in [-0.4, -0.2) is 34.1 Å². The van der Waals surface area contributed by atoms with Gasteiger partial charge in [-0.05, 0) is 28.9 Å². The third-order valence-corrected chi connectivity index (χ3v) is 5.86. The van der Waals surface area contributed by atoms with Crippen molar-refractivity contribution in [3.05, 3.63) is 14.7 Å². The monoisotopic (exact) mass is 356 g/mol. The Morgan fingerprint density at radius 1 is 1.67 bits per heavy atom. The first-order chi connectivity index (χ1) is 8.31. The average molecular weight is 357 g/mol. The number of nitrogens with one attached hydrogen (secondary N) is 1. The van der Waals surface area contributed by atoms with Crippen molar-refractivity contribution in [2.24, 2.45) is 5.73 Å². The number of sulfonamides is 1. The van der Waals surface area contributed by atoms with E-state index in [9.17, 15) is 13.2 Å². The second-order valence-corrected chi connectivity index (χ2v) is 7.55. The molecule has 0 spiro atoms. The number of thiophene rings is 1. The second-order valence-electron chi connectivity index (χ2n) is 3.50. The van der Waals surface area contributed by atoms with Crippen LogP contribution in [0.25, 0.3) is 0 Å². The summed E-state index contributed by atoms with van der Waals surface area (Å²) in [5.41, 5.74) is 5.36. The highest BCUT2D eigenvalue weighted by molar-refractivity contribution is 9.11. The minimum absolute atomic E-state index is 0.00759. The summed E-state index contributed by atoms with van der Waals surface area (Å²) in [6.45, 7) is 1.84. The predicted octanol–water partition coefficient (Wildman–Crippen LogP) is 0.923. The zero-order valence-electron chi connectivity index (χ0n) is 9.77. The maximum atomic E-state index is 12.0. The highest BCUT2D eigenvalue weighted by Crippen LogP contribution is 2.32. The molecule has 0 unspecified atom stereocenters. The van der Waals surface area contributed by atoms with E-state index in [1.165, 1.54) is 13.2 Å². The number of halogens is 1. The highest BCUT2D eigenvalue weighted by atomic mass is 79.9. The number of carbonyl (C=O) groups excluding carboxylic acids is 1. The molecule has 1 aromatic rings. The van der Waals surface area contributed by atoms with Gasteiger partial charge in [-0.15, -0.1) is 11.3 Å². The van der Waals surface area contributed by atoms with Gasteiger partial charge in [0.05, 0.1) is 10.9 Å². The minimum Gasteiger partial charge on any atom is -0.465 e. The highest BCUT2D eigenvalue weighted by Gasteiger charge is 2.24. The molecule has 0 aromatic carbocycles. The first-order valence-corrected chi connectivity index (χ1v) is 8.01. The van der Waals surface area contributed by atoms with Gasteiger partial charge in [0, 0.05) is 12.6 Å². The van der Waals surface area contributed by atoms with Crippen LogP contribution in [-0.2, 0) is 14.8 Å². The van der Waals surface area contributed by atoms with Crippen molar-refractivity contribution in [1.29, 1.82) is 0 Å². The molecule has 9 heteroatoms. The Bertz CT molecular complexity index is 541. The summed E-state index contributed by atoms with van der Waals surface area (Å²) in [6, 6.07) is 0.884. The molecule has 1 rings (SSSR count). The summed E-state index contributed by atoms with van der Waals surface area (Å²) in [7, 11) is -2.46. The van der Waals surface area contributed by atoms with Gasteiger partial charge in [-0.1, -0.05) is 0 Å². The van der Waals surface area contributed by atoms with Crippen molar-refractivity contribution in [2.45, 2.75) is 17.9 Å². The maximum Gasteiger partial charge on any atom is 0.348 e. The zero-order chi connectivity index (χ0) is 13.9. The third-order valence-electron chi connectivity index (χ3n) is 2.04. The smallest absolute Gasteiger partial charge is 0.348 e. The number of hydrogen-bond donors (Lipinski definition) is 2. The number of ether oxygens (including phenoxy) is 1. The summed E-state index contributed by atoms with van der Waals surface area (Å²) in [5, 5.41) is 0. The van der Waals surface area contributed by atoms with Crippen molar-refractivity contribution < 1.29 is 17.9 Å². The van der Waals surface area contributed by atoms with Gasteiger partial charge in [0.1, 0.15) is 9.77 Å². The standard InChI is InChI=1S/C9H13BrN2O4S2/c1-5(4-11)12-18(14,15)7-3-6(9(13)16-2)17-8(7)10/h3,5,12H,4,11H2,1-2H3/t5-/m1/s1. The lowest BCUT2D eigenvalue weighted by Gasteiger charge is -2.10. The van der Waals surface area contributed by atoms with Gasteiger partial charge < -0.3 is 10.5 Å². The number of nitrogens with two attached hydrogens (primary N) is 1. The molecule has 0 radical (unpaired) electrons. The number of rotatable bonds is 5. The topological polar surface area (TPSA) is 98.5 Å². The van der Waals surface area contributed by atoms with Crippen LogP contribution >= 0.6 is 27.3 Å². The normalized spacial score (nSPS) is 13.3. The van der Waals surface area contributed by atoms with E-state index < -0.39 is 16.0 Å². The largest absolute Gasteiger partial charge is 0.465 e. The van der Waals surface area contributed by atoms with Crippen molar-refractivity contribution in [3.8, 4) is 0 Å². The van der Waals surface area contributed by atoms with E-state index in [4.69, 9.17) is 5.73 Å². The lowest BCUT2D eigenvalue weighted by Crippen LogP contribution is -2.37. The Labute approximate surface area is 118 Å². The Kier molecular flexibility index (Phi) is 5.29. The minimum atomic E-state index is -3.70. The molecule has 0 aliphatic heterocycles. The maximum absolute atomic E-state index is 12.0. The molecular formula is C9H13BrN2O4S2. The number of methoxy groups -OCH3 is 1. The van der Waals surface area contributed by atoms with Crippen LogP contribution in [0.15, 0.2) is 14.7 Å². The molecule has 0 amide bonds. The summed E-state index contributed by atoms with van der Waals surface area (Å²) in [4.78, 5) is 11.5. The first-order valence-electron chi connectivity index (χ1n) is 4.92. The Hall–Kier alpha value is -0.480. The molecule has 0 aliphatic carbocycles. The van der Waals surface area contributed by atoms with Crippen LogP contribution in [0.5, 0.6) is 0 Å². The average Bonchev–Trinajstić information content (AvgIpc) is 2.70. The molecule has 0 saturated carbocycles. The van der Waals surface area contributed by atoms with Gasteiger partial charge in [-0.2, -0.15) is 0 Å². The number of esters is 1. The molecule has 0 aliphatic rings. The molecule has 1 aromatic heterocycles. The first kappa shape index (κ1) is 15.6. The van der Waals surface area contributed by atoms with E-state index in [1.807, 2.05) is 0 Å². The van der Waals surface area contributed by atoms with Crippen molar-refractivity contribution >= 4 is 43.3 Å². The van der Waals surface area contributed by atoms with Gasteiger partial charge in [-0.25, -0.2) is 17.9 Å². The van der Waals surface area contributed by atoms with Gasteiger partial charge in [0.15, 0.2) is 0 Å². The van der Waals surface area contributed by atoms with E-state index in [0.29, 0.717) is 3.79 Å². The van der Waals surface area contributed by atoms with Crippen LogP contribution in [0.2, 0.25) is 0 Å². The van der Waals surface area contributed by atoms with Crippen molar-refractivity contribution in [2.75, 3.05) is 13.7 Å². The second kappa shape index (κ2) is 6.11. The van der Waals surface area contributed by atoms with Crippen molar-refractivity contribution in [3.63, 3.8) is 0 Å². The number of carbonyl (C=O) groups is 1. The van der Waals surface area contributed by atoms with Crippen LogP contribution in [0.3, 0.4) is 0 Å². The quantitative estimate of drug-likeness (QED) is 0.764. The molecule has 0 saturated heterocycles. The molecule has 1 atom stereocenters. The van der Waals surface area contributed by atoms with E-state index >= 15 is 0 Å². The third kappa shape index (κ3) is 3.51. The predicted molar refractivity (Wildman–Crippen MR) is 72.2 cm³/mol. The van der Waals surface area contributed by atoms with Crippen LogP contribution in [0, 0.1) is 0 Å². The van der Waals surface area contributed by atoms with Crippen LogP contribution in [0.4, 0.5) is 0 Å². The van der Waals surface area contributed by atoms with Crippen molar-refractivity contribution in [1.82, 2.24) is 4.72 Å². The fraction of sp³-hybridized carbons (Fsp3) is 0.444. The van der Waals surface area contributed by atoms with E-state index in [-0.39, 0.29) is 22.4 Å². The Morgan fingerprint density at radius 2 is 2.28 bits per heavy atom. The van der Waals surface area contributed by atoms with Gasteiger partial charge in [0.25, 0.3) is 0 Å². The van der Waals surface area contributed by atoms with Crippen LogP contribution < -0.4 is 10.5 Å². The molecule has 0 bridgehead atoms. The Balaban J connectivity index is 3.10. The molecule has 102 valence electrons. The van der Waals surface area contributed by atoms with Gasteiger partial charge in [0.2, 0.25) is 10.0 Å². The lowest BCUT2D eigenvalue weighted by molar-refractivity contribution is 0.0606. The molecule has 1 heterocycles. The summed E-state index contributed by atoms with van der Waals surface area (Å²) >= 11 is 4.12. The number of hydrogen-bond acceptors (Lipinski definition) is 6. The fourth-order valence-electron chi connectivity index (χ4n) is 1.11. The molecular weight excluding hydrogens is 344 g/mol. The van der Waals surface area contributed by atoms with E-state index in [2.05, 4.69) is 25.4 Å². The molecule has 18 heavy (non-hydrogen) atoms. The SMILES string of the molecule is COC(=O)c1cc(S(=O)(=O)N[C@H](C)CN)c(Br)s1. The summed E-state index contributed by atoms with van der Waals surface area (Å²) in [6.07, 6.45) is 0. The fourth-order valence-corrected chi connectivity index (χ4v) is 4.85. The molecule has 0 fully saturated rings. The molecule has 3 N–H and O–H groups in total. The lowest BCUT2D eigenvalue weighted by atomic mass is 10.4. The van der Waals surface area contributed by atoms with Gasteiger partial charge >= 0.3 is 5.97 Å². The Morgan fingerprint density at radius 3 is 2.78 bits per heavy atom.